The lowest BCUT2D eigenvalue weighted by molar-refractivity contribution is -0.120. The molecule has 4 heteroatoms. The average molecular weight is 310 g/mol. The number of amides is 1. The maximum Gasteiger partial charge on any atom is 0.231 e. The van der Waals surface area contributed by atoms with E-state index in [-0.39, 0.29) is 17.6 Å². The largest absolute Gasteiger partial charge is 0.312 e. The summed E-state index contributed by atoms with van der Waals surface area (Å²) in [6.07, 6.45) is 0. The Hall–Kier alpha value is -2.20. The zero-order valence-electron chi connectivity index (χ0n) is 12.9. The third kappa shape index (κ3) is 2.75. The van der Waals surface area contributed by atoms with Gasteiger partial charge in [0.2, 0.25) is 5.91 Å². The van der Waals surface area contributed by atoms with Gasteiger partial charge in [-0.3, -0.25) is 9.69 Å². The van der Waals surface area contributed by atoms with Gasteiger partial charge in [0.1, 0.15) is 5.82 Å². The van der Waals surface area contributed by atoms with Crippen molar-refractivity contribution in [3.63, 3.8) is 0 Å². The minimum absolute atomic E-state index is 0.0932. The Morgan fingerprint density at radius 3 is 2.39 bits per heavy atom. The maximum atomic E-state index is 13.0. The highest BCUT2D eigenvalue weighted by atomic mass is 19.1. The van der Waals surface area contributed by atoms with E-state index in [9.17, 15) is 9.18 Å². The van der Waals surface area contributed by atoms with Crippen LogP contribution in [0.2, 0.25) is 0 Å². The molecule has 2 atom stereocenters. The van der Waals surface area contributed by atoms with Crippen molar-refractivity contribution in [2.45, 2.75) is 6.54 Å². The zero-order chi connectivity index (χ0) is 15.8. The van der Waals surface area contributed by atoms with E-state index < -0.39 is 0 Å². The number of likely N-dealkylation sites (tertiary alicyclic amines) is 1. The lowest BCUT2D eigenvalue weighted by Crippen LogP contribution is -2.32. The standard InChI is InChI=1S/C19H19FN2O/c20-16-8-6-14(7-9-16)10-21-11-15-12-22(19(23)18(15)13-21)17-4-2-1-3-5-17/h1-9,15,18H,10-13H2/t15-,18+/m0/s1. The highest BCUT2D eigenvalue weighted by molar-refractivity contribution is 5.98. The summed E-state index contributed by atoms with van der Waals surface area (Å²) in [5, 5.41) is 0. The molecule has 2 aromatic carbocycles. The molecule has 3 nitrogen and oxygen atoms in total. The van der Waals surface area contributed by atoms with Crippen LogP contribution in [0.25, 0.3) is 0 Å². The van der Waals surface area contributed by atoms with Crippen molar-refractivity contribution in [2.75, 3.05) is 24.5 Å². The molecule has 0 saturated carbocycles. The number of carbonyl (C=O) groups excluding carboxylic acids is 1. The Morgan fingerprint density at radius 1 is 0.957 bits per heavy atom. The van der Waals surface area contributed by atoms with E-state index in [1.165, 1.54) is 12.1 Å². The van der Waals surface area contributed by atoms with Crippen LogP contribution in [0.5, 0.6) is 0 Å². The minimum Gasteiger partial charge on any atom is -0.312 e. The Bertz CT molecular complexity index is 701. The van der Waals surface area contributed by atoms with Crippen LogP contribution in [0.3, 0.4) is 0 Å². The topological polar surface area (TPSA) is 23.6 Å². The van der Waals surface area contributed by atoms with E-state index in [0.717, 1.165) is 37.4 Å². The van der Waals surface area contributed by atoms with Crippen LogP contribution in [0.4, 0.5) is 10.1 Å². The Labute approximate surface area is 135 Å². The van der Waals surface area contributed by atoms with Gasteiger partial charge in [0, 0.05) is 37.8 Å². The molecule has 2 aliphatic rings. The number of para-hydroxylation sites is 1. The van der Waals surface area contributed by atoms with Gasteiger partial charge >= 0.3 is 0 Å². The monoisotopic (exact) mass is 310 g/mol. The van der Waals surface area contributed by atoms with E-state index in [1.54, 1.807) is 0 Å². The second-order valence-electron chi connectivity index (χ2n) is 6.47. The summed E-state index contributed by atoms with van der Waals surface area (Å²) in [6.45, 7) is 3.31. The second kappa shape index (κ2) is 5.78. The average Bonchev–Trinajstić information content (AvgIpc) is 3.10. The summed E-state index contributed by atoms with van der Waals surface area (Å²) in [7, 11) is 0. The van der Waals surface area contributed by atoms with Crippen LogP contribution in [0.1, 0.15) is 5.56 Å². The van der Waals surface area contributed by atoms with Crippen molar-refractivity contribution in [1.29, 1.82) is 0 Å². The Morgan fingerprint density at radius 2 is 1.70 bits per heavy atom. The quantitative estimate of drug-likeness (QED) is 0.870. The first-order chi connectivity index (χ1) is 11.2. The van der Waals surface area contributed by atoms with E-state index in [4.69, 9.17) is 0 Å². The van der Waals surface area contributed by atoms with Gasteiger partial charge in [-0.05, 0) is 29.8 Å². The molecule has 2 heterocycles. The molecule has 0 aromatic heterocycles. The number of carbonyl (C=O) groups is 1. The SMILES string of the molecule is O=C1[C@@H]2CN(Cc3ccc(F)cc3)C[C@H]2CN1c1ccccc1. The fraction of sp³-hybridized carbons (Fsp3) is 0.316. The molecule has 0 N–H and O–H groups in total. The van der Waals surface area contributed by atoms with Crippen molar-refractivity contribution < 1.29 is 9.18 Å². The van der Waals surface area contributed by atoms with Gasteiger partial charge in [-0.2, -0.15) is 0 Å². The van der Waals surface area contributed by atoms with E-state index in [2.05, 4.69) is 4.90 Å². The molecule has 2 saturated heterocycles. The summed E-state index contributed by atoms with van der Waals surface area (Å²) in [6, 6.07) is 16.5. The predicted octanol–water partition coefficient (Wildman–Crippen LogP) is 2.92. The number of hydrogen-bond acceptors (Lipinski definition) is 2. The van der Waals surface area contributed by atoms with E-state index >= 15 is 0 Å². The van der Waals surface area contributed by atoms with Gasteiger partial charge in [-0.25, -0.2) is 4.39 Å². The molecule has 0 unspecified atom stereocenters. The van der Waals surface area contributed by atoms with Crippen LogP contribution in [-0.4, -0.2) is 30.4 Å². The van der Waals surface area contributed by atoms with Crippen LogP contribution in [0, 0.1) is 17.7 Å². The van der Waals surface area contributed by atoms with Gasteiger partial charge in [0.05, 0.1) is 5.92 Å². The van der Waals surface area contributed by atoms with Crippen molar-refractivity contribution in [2.24, 2.45) is 11.8 Å². The number of halogens is 1. The lowest BCUT2D eigenvalue weighted by atomic mass is 10.0. The van der Waals surface area contributed by atoms with Crippen LogP contribution >= 0.6 is 0 Å². The molecule has 0 aliphatic carbocycles. The van der Waals surface area contributed by atoms with Gasteiger partial charge in [-0.1, -0.05) is 30.3 Å². The molecular weight excluding hydrogens is 291 g/mol. The fourth-order valence-electron chi connectivity index (χ4n) is 3.77. The number of nitrogens with zero attached hydrogens (tertiary/aromatic N) is 2. The van der Waals surface area contributed by atoms with Gasteiger partial charge < -0.3 is 4.90 Å². The smallest absolute Gasteiger partial charge is 0.231 e. The van der Waals surface area contributed by atoms with Gasteiger partial charge in [-0.15, -0.1) is 0 Å². The molecule has 0 radical (unpaired) electrons. The number of benzene rings is 2. The first kappa shape index (κ1) is 14.4. The molecule has 23 heavy (non-hydrogen) atoms. The molecule has 4 rings (SSSR count). The Balaban J connectivity index is 1.43. The number of fused-ring (bicyclic) bond motifs is 1. The van der Waals surface area contributed by atoms with Crippen LogP contribution in [-0.2, 0) is 11.3 Å². The lowest BCUT2D eigenvalue weighted by Gasteiger charge is -2.21. The number of anilines is 1. The summed E-state index contributed by atoms with van der Waals surface area (Å²) in [4.78, 5) is 16.9. The Kier molecular flexibility index (Phi) is 3.62. The molecule has 1 amide bonds. The highest BCUT2D eigenvalue weighted by Gasteiger charge is 2.46. The molecule has 2 aromatic rings. The maximum absolute atomic E-state index is 13.0. The van der Waals surface area contributed by atoms with Gasteiger partial charge in [0.15, 0.2) is 0 Å². The number of rotatable bonds is 3. The van der Waals surface area contributed by atoms with Crippen LogP contribution in [0.15, 0.2) is 54.6 Å². The fourth-order valence-corrected chi connectivity index (χ4v) is 3.77. The number of hydrogen-bond donors (Lipinski definition) is 0. The van der Waals surface area contributed by atoms with Crippen LogP contribution < -0.4 is 4.90 Å². The van der Waals surface area contributed by atoms with Gasteiger partial charge in [0.25, 0.3) is 0 Å². The van der Waals surface area contributed by atoms with E-state index in [1.807, 2.05) is 47.4 Å². The summed E-state index contributed by atoms with van der Waals surface area (Å²) >= 11 is 0. The second-order valence-corrected chi connectivity index (χ2v) is 6.47. The van der Waals surface area contributed by atoms with Crippen molar-refractivity contribution in [1.82, 2.24) is 4.90 Å². The molecule has 118 valence electrons. The molecule has 0 bridgehead atoms. The zero-order valence-corrected chi connectivity index (χ0v) is 12.9. The summed E-state index contributed by atoms with van der Waals surface area (Å²) in [5.41, 5.74) is 2.09. The highest BCUT2D eigenvalue weighted by Crippen LogP contribution is 2.35. The summed E-state index contributed by atoms with van der Waals surface area (Å²) in [5.74, 6) is 0.516. The first-order valence-electron chi connectivity index (χ1n) is 8.04. The third-order valence-electron chi connectivity index (χ3n) is 4.90. The molecule has 0 spiro atoms. The summed E-state index contributed by atoms with van der Waals surface area (Å²) < 4.78 is 13.0. The minimum atomic E-state index is -0.208. The normalized spacial score (nSPS) is 24.2. The van der Waals surface area contributed by atoms with Crippen molar-refractivity contribution >= 4 is 11.6 Å². The third-order valence-corrected chi connectivity index (χ3v) is 4.90. The first-order valence-corrected chi connectivity index (χ1v) is 8.04. The van der Waals surface area contributed by atoms with Crippen molar-refractivity contribution in [3.8, 4) is 0 Å². The molecular formula is C19H19FN2O. The van der Waals surface area contributed by atoms with Crippen molar-refractivity contribution in [3.05, 3.63) is 66.0 Å². The molecule has 2 aliphatic heterocycles. The molecule has 2 fully saturated rings. The van der Waals surface area contributed by atoms with E-state index in [0.29, 0.717) is 5.92 Å². The predicted molar refractivity (Wildman–Crippen MR) is 87.5 cm³/mol.